The van der Waals surface area contributed by atoms with Gasteiger partial charge in [-0.3, -0.25) is 4.79 Å². The summed E-state index contributed by atoms with van der Waals surface area (Å²) in [7, 11) is 0. The molecule has 5 nitrogen and oxygen atoms in total. The third kappa shape index (κ3) is 6.61. The highest BCUT2D eigenvalue weighted by Gasteiger charge is 2.20. The highest BCUT2D eigenvalue weighted by Crippen LogP contribution is 2.04. The van der Waals surface area contributed by atoms with E-state index in [1.165, 1.54) is 0 Å². The maximum Gasteiger partial charge on any atom is 0.220 e. The standard InChI is InChI=1S/C12H24N2O3/c1-9(2)7-17-8-11(15)6-13-5-10-3-4-12(16)14-10/h9-11,13,15H,3-8H2,1-2H3,(H,14,16). The van der Waals surface area contributed by atoms with Gasteiger partial charge in [-0.15, -0.1) is 0 Å². The average molecular weight is 244 g/mol. The number of rotatable bonds is 8. The summed E-state index contributed by atoms with van der Waals surface area (Å²) >= 11 is 0. The van der Waals surface area contributed by atoms with Crippen LogP contribution in [0.5, 0.6) is 0 Å². The summed E-state index contributed by atoms with van der Waals surface area (Å²) < 4.78 is 5.34. The van der Waals surface area contributed by atoms with Crippen molar-refractivity contribution in [2.45, 2.75) is 38.8 Å². The number of aliphatic hydroxyl groups is 1. The average Bonchev–Trinajstić information content (AvgIpc) is 2.63. The molecule has 0 radical (unpaired) electrons. The lowest BCUT2D eigenvalue weighted by Gasteiger charge is -2.15. The highest BCUT2D eigenvalue weighted by molar-refractivity contribution is 5.78. The number of hydrogen-bond acceptors (Lipinski definition) is 4. The SMILES string of the molecule is CC(C)COCC(O)CNCC1CCC(=O)N1. The van der Waals surface area contributed by atoms with E-state index in [0.29, 0.717) is 38.6 Å². The van der Waals surface area contributed by atoms with Crippen molar-refractivity contribution in [3.63, 3.8) is 0 Å². The number of nitrogens with one attached hydrogen (secondary N) is 2. The summed E-state index contributed by atoms with van der Waals surface area (Å²) in [4.78, 5) is 10.9. The van der Waals surface area contributed by atoms with Crippen LogP contribution in [0, 0.1) is 5.92 Å². The summed E-state index contributed by atoms with van der Waals surface area (Å²) in [6.07, 6.45) is 1.02. The molecule has 0 aromatic rings. The Kier molecular flexibility index (Phi) is 6.47. The van der Waals surface area contributed by atoms with Crippen LogP contribution in [0.4, 0.5) is 0 Å². The molecule has 1 aliphatic rings. The van der Waals surface area contributed by atoms with Gasteiger partial charge in [0.2, 0.25) is 5.91 Å². The molecule has 5 heteroatoms. The molecule has 0 aliphatic carbocycles. The zero-order valence-electron chi connectivity index (χ0n) is 10.7. The van der Waals surface area contributed by atoms with Crippen LogP contribution in [0.2, 0.25) is 0 Å². The summed E-state index contributed by atoms with van der Waals surface area (Å²) in [6, 6.07) is 0.214. The van der Waals surface area contributed by atoms with E-state index in [-0.39, 0.29) is 11.9 Å². The minimum Gasteiger partial charge on any atom is -0.389 e. The van der Waals surface area contributed by atoms with Gasteiger partial charge in [-0.05, 0) is 12.3 Å². The molecule has 2 unspecified atom stereocenters. The van der Waals surface area contributed by atoms with E-state index in [0.717, 1.165) is 6.42 Å². The van der Waals surface area contributed by atoms with Gasteiger partial charge in [0.1, 0.15) is 0 Å². The molecule has 1 saturated heterocycles. The first-order chi connectivity index (χ1) is 8.08. The van der Waals surface area contributed by atoms with Crippen molar-refractivity contribution in [2.24, 2.45) is 5.92 Å². The van der Waals surface area contributed by atoms with Crippen molar-refractivity contribution in [1.82, 2.24) is 10.6 Å². The molecular formula is C12H24N2O3. The monoisotopic (exact) mass is 244 g/mol. The van der Waals surface area contributed by atoms with Gasteiger partial charge in [0, 0.05) is 32.2 Å². The summed E-state index contributed by atoms with van der Waals surface area (Å²) in [5.74, 6) is 0.612. The first kappa shape index (κ1) is 14.4. The highest BCUT2D eigenvalue weighted by atomic mass is 16.5. The second kappa shape index (κ2) is 7.63. The molecule has 3 N–H and O–H groups in total. The first-order valence-corrected chi connectivity index (χ1v) is 6.33. The Labute approximate surface area is 103 Å². The van der Waals surface area contributed by atoms with E-state index in [9.17, 15) is 9.90 Å². The van der Waals surface area contributed by atoms with Gasteiger partial charge in [-0.1, -0.05) is 13.8 Å². The first-order valence-electron chi connectivity index (χ1n) is 6.33. The lowest BCUT2D eigenvalue weighted by atomic mass is 10.2. The lowest BCUT2D eigenvalue weighted by molar-refractivity contribution is -0.119. The van der Waals surface area contributed by atoms with Crippen LogP contribution >= 0.6 is 0 Å². The van der Waals surface area contributed by atoms with E-state index in [1.54, 1.807) is 0 Å². The minimum absolute atomic E-state index is 0.123. The quantitative estimate of drug-likeness (QED) is 0.557. The van der Waals surface area contributed by atoms with Crippen molar-refractivity contribution >= 4 is 5.91 Å². The van der Waals surface area contributed by atoms with Crippen molar-refractivity contribution in [2.75, 3.05) is 26.3 Å². The van der Waals surface area contributed by atoms with E-state index in [1.807, 2.05) is 0 Å². The number of ether oxygens (including phenoxy) is 1. The maximum absolute atomic E-state index is 10.9. The van der Waals surface area contributed by atoms with Crippen LogP contribution in [0.3, 0.4) is 0 Å². The van der Waals surface area contributed by atoms with E-state index in [4.69, 9.17) is 4.74 Å². The predicted molar refractivity (Wildman–Crippen MR) is 65.7 cm³/mol. The zero-order chi connectivity index (χ0) is 12.7. The van der Waals surface area contributed by atoms with E-state index >= 15 is 0 Å². The summed E-state index contributed by atoms with van der Waals surface area (Å²) in [5, 5.41) is 15.6. The smallest absolute Gasteiger partial charge is 0.220 e. The van der Waals surface area contributed by atoms with Gasteiger partial charge >= 0.3 is 0 Å². The van der Waals surface area contributed by atoms with Crippen molar-refractivity contribution < 1.29 is 14.6 Å². The molecule has 0 aromatic heterocycles. The van der Waals surface area contributed by atoms with Crippen LogP contribution in [0.15, 0.2) is 0 Å². The Morgan fingerprint density at radius 1 is 1.53 bits per heavy atom. The summed E-state index contributed by atoms with van der Waals surface area (Å²) in [6.45, 7) is 6.41. The van der Waals surface area contributed by atoms with E-state index in [2.05, 4.69) is 24.5 Å². The number of hydrogen-bond donors (Lipinski definition) is 3. The lowest BCUT2D eigenvalue weighted by Crippen LogP contribution is -2.39. The fourth-order valence-electron chi connectivity index (χ4n) is 1.75. The molecule has 1 rings (SSSR count). The molecule has 0 spiro atoms. The molecule has 0 saturated carbocycles. The largest absolute Gasteiger partial charge is 0.389 e. The van der Waals surface area contributed by atoms with Crippen LogP contribution in [0.1, 0.15) is 26.7 Å². The second-order valence-electron chi connectivity index (χ2n) is 5.05. The molecule has 0 bridgehead atoms. The number of amides is 1. The molecule has 17 heavy (non-hydrogen) atoms. The van der Waals surface area contributed by atoms with Gasteiger partial charge in [0.15, 0.2) is 0 Å². The van der Waals surface area contributed by atoms with Gasteiger partial charge in [-0.25, -0.2) is 0 Å². The molecule has 2 atom stereocenters. The zero-order valence-corrected chi connectivity index (χ0v) is 10.7. The molecule has 0 aromatic carbocycles. The fourth-order valence-corrected chi connectivity index (χ4v) is 1.75. The van der Waals surface area contributed by atoms with E-state index < -0.39 is 6.10 Å². The Bertz CT molecular complexity index is 234. The Morgan fingerprint density at radius 3 is 2.88 bits per heavy atom. The molecule has 100 valence electrons. The Morgan fingerprint density at radius 2 is 2.29 bits per heavy atom. The third-order valence-corrected chi connectivity index (χ3v) is 2.62. The van der Waals surface area contributed by atoms with Crippen LogP contribution in [-0.4, -0.2) is 49.5 Å². The summed E-state index contributed by atoms with van der Waals surface area (Å²) in [5.41, 5.74) is 0. The predicted octanol–water partition coefficient (Wildman–Crippen LogP) is -0.112. The van der Waals surface area contributed by atoms with Crippen LogP contribution in [0.25, 0.3) is 0 Å². The maximum atomic E-state index is 10.9. The molecule has 1 fully saturated rings. The Hall–Kier alpha value is -0.650. The Balaban J connectivity index is 1.96. The normalized spacial score (nSPS) is 21.9. The second-order valence-corrected chi connectivity index (χ2v) is 5.05. The van der Waals surface area contributed by atoms with Crippen molar-refractivity contribution in [3.8, 4) is 0 Å². The minimum atomic E-state index is -0.481. The molecule has 1 heterocycles. The van der Waals surface area contributed by atoms with Gasteiger partial charge < -0.3 is 20.5 Å². The number of aliphatic hydroxyl groups excluding tert-OH is 1. The molecule has 1 aliphatic heterocycles. The third-order valence-electron chi connectivity index (χ3n) is 2.62. The fraction of sp³-hybridized carbons (Fsp3) is 0.917. The van der Waals surface area contributed by atoms with Gasteiger partial charge in [0.05, 0.1) is 12.7 Å². The van der Waals surface area contributed by atoms with Crippen LogP contribution < -0.4 is 10.6 Å². The van der Waals surface area contributed by atoms with Crippen molar-refractivity contribution in [1.29, 1.82) is 0 Å². The van der Waals surface area contributed by atoms with Crippen LogP contribution in [-0.2, 0) is 9.53 Å². The molecular weight excluding hydrogens is 220 g/mol. The topological polar surface area (TPSA) is 70.6 Å². The molecule has 1 amide bonds. The van der Waals surface area contributed by atoms with Gasteiger partial charge in [-0.2, -0.15) is 0 Å². The number of carbonyl (C=O) groups is 1. The number of carbonyl (C=O) groups excluding carboxylic acids is 1. The van der Waals surface area contributed by atoms with Gasteiger partial charge in [0.25, 0.3) is 0 Å². The van der Waals surface area contributed by atoms with Crippen molar-refractivity contribution in [3.05, 3.63) is 0 Å².